The molecule has 0 saturated carbocycles. The Hall–Kier alpha value is -2.20. The molecule has 0 unspecified atom stereocenters. The molecule has 0 radical (unpaired) electrons. The van der Waals surface area contributed by atoms with E-state index in [1.165, 1.54) is 0 Å². The average Bonchev–Trinajstić information content (AvgIpc) is 2.98. The summed E-state index contributed by atoms with van der Waals surface area (Å²) in [5.41, 5.74) is 2.25. The summed E-state index contributed by atoms with van der Waals surface area (Å²) in [5, 5.41) is 1.01. The summed E-state index contributed by atoms with van der Waals surface area (Å²) < 4.78 is 5.16. The number of rotatable bonds is 3. The van der Waals surface area contributed by atoms with Crippen LogP contribution in [0.25, 0.3) is 21.0 Å². The lowest BCUT2D eigenvalue weighted by atomic mass is 10.2. The molecule has 19 heavy (non-hydrogen) atoms. The zero-order valence-corrected chi connectivity index (χ0v) is 11.2. The van der Waals surface area contributed by atoms with E-state index in [0.29, 0.717) is 0 Å². The van der Waals surface area contributed by atoms with Crippen molar-refractivity contribution in [2.24, 2.45) is 0 Å². The van der Waals surface area contributed by atoms with E-state index in [-0.39, 0.29) is 0 Å². The van der Waals surface area contributed by atoms with Crippen LogP contribution in [0.15, 0.2) is 55.0 Å². The van der Waals surface area contributed by atoms with Crippen molar-refractivity contribution in [1.29, 1.82) is 0 Å². The minimum Gasteiger partial charge on any atom is -0.497 e. The molecule has 0 aliphatic rings. The molecule has 0 aliphatic heterocycles. The van der Waals surface area contributed by atoms with Crippen LogP contribution in [-0.4, -0.2) is 17.1 Å². The van der Waals surface area contributed by atoms with Gasteiger partial charge >= 0.3 is 0 Å². The van der Waals surface area contributed by atoms with E-state index in [1.807, 2.05) is 42.6 Å². The molecule has 1 aromatic carbocycles. The monoisotopic (exact) mass is 268 g/mol. The summed E-state index contributed by atoms with van der Waals surface area (Å²) in [6.07, 6.45) is 5.49. The molecule has 0 fully saturated rings. The lowest BCUT2D eigenvalue weighted by Gasteiger charge is -2.00. The van der Waals surface area contributed by atoms with Gasteiger partial charge in [0.1, 0.15) is 10.8 Å². The maximum Gasteiger partial charge on any atom is 0.123 e. The summed E-state index contributed by atoms with van der Waals surface area (Å²) in [7, 11) is 1.67. The Labute approximate surface area is 115 Å². The Kier molecular flexibility index (Phi) is 3.25. The standard InChI is InChI=1S/C15H12N2OS/c1-18-13-4-2-12(3-5-13)15-17-10-14(19-15)11-6-8-16-9-7-11/h2-10H,1H3. The van der Waals surface area contributed by atoms with Gasteiger partial charge in [0.15, 0.2) is 0 Å². The van der Waals surface area contributed by atoms with Crippen molar-refractivity contribution in [3.05, 3.63) is 55.0 Å². The van der Waals surface area contributed by atoms with Gasteiger partial charge in [-0.2, -0.15) is 0 Å². The molecule has 0 bridgehead atoms. The average molecular weight is 268 g/mol. The molecule has 2 heterocycles. The number of hydrogen-bond acceptors (Lipinski definition) is 4. The van der Waals surface area contributed by atoms with Crippen LogP contribution in [-0.2, 0) is 0 Å². The second-order valence-electron chi connectivity index (χ2n) is 3.99. The summed E-state index contributed by atoms with van der Waals surface area (Å²) in [5.74, 6) is 0.856. The van der Waals surface area contributed by atoms with Crippen LogP contribution >= 0.6 is 11.3 Å². The van der Waals surface area contributed by atoms with Gasteiger partial charge in [0.25, 0.3) is 0 Å². The van der Waals surface area contributed by atoms with Gasteiger partial charge in [-0.05, 0) is 42.0 Å². The van der Waals surface area contributed by atoms with Crippen molar-refractivity contribution in [2.75, 3.05) is 7.11 Å². The highest BCUT2D eigenvalue weighted by Crippen LogP contribution is 2.32. The molecule has 4 heteroatoms. The van der Waals surface area contributed by atoms with Crippen molar-refractivity contribution in [1.82, 2.24) is 9.97 Å². The Morgan fingerprint density at radius 1 is 0.947 bits per heavy atom. The van der Waals surface area contributed by atoms with Gasteiger partial charge in [0, 0.05) is 24.2 Å². The molecule has 0 atom stereocenters. The van der Waals surface area contributed by atoms with Crippen molar-refractivity contribution in [2.45, 2.75) is 0 Å². The van der Waals surface area contributed by atoms with Crippen LogP contribution in [0, 0.1) is 0 Å². The van der Waals surface area contributed by atoms with Crippen molar-refractivity contribution in [3.63, 3.8) is 0 Å². The van der Waals surface area contributed by atoms with E-state index in [0.717, 1.165) is 26.8 Å². The van der Waals surface area contributed by atoms with Crippen molar-refractivity contribution < 1.29 is 4.74 Å². The van der Waals surface area contributed by atoms with Crippen LogP contribution in [0.5, 0.6) is 5.75 Å². The van der Waals surface area contributed by atoms with Crippen molar-refractivity contribution in [3.8, 4) is 26.8 Å². The number of ether oxygens (including phenoxy) is 1. The van der Waals surface area contributed by atoms with Crippen LogP contribution in [0.2, 0.25) is 0 Å². The highest BCUT2D eigenvalue weighted by atomic mass is 32.1. The number of nitrogens with zero attached hydrogens (tertiary/aromatic N) is 2. The maximum absolute atomic E-state index is 5.16. The number of methoxy groups -OCH3 is 1. The molecule has 2 aromatic heterocycles. The molecular formula is C15H12N2OS. The van der Waals surface area contributed by atoms with Gasteiger partial charge in [0.2, 0.25) is 0 Å². The predicted molar refractivity (Wildman–Crippen MR) is 77.3 cm³/mol. The van der Waals surface area contributed by atoms with E-state index >= 15 is 0 Å². The SMILES string of the molecule is COc1ccc(-c2ncc(-c3ccncc3)s2)cc1. The molecule has 0 saturated heterocycles. The third kappa shape index (κ3) is 2.48. The normalized spacial score (nSPS) is 10.4. The fourth-order valence-corrected chi connectivity index (χ4v) is 2.72. The van der Waals surface area contributed by atoms with E-state index in [4.69, 9.17) is 4.74 Å². The lowest BCUT2D eigenvalue weighted by molar-refractivity contribution is 0.415. The Morgan fingerprint density at radius 3 is 2.37 bits per heavy atom. The van der Waals surface area contributed by atoms with Gasteiger partial charge in [-0.3, -0.25) is 4.98 Å². The van der Waals surface area contributed by atoms with E-state index in [2.05, 4.69) is 9.97 Å². The highest BCUT2D eigenvalue weighted by molar-refractivity contribution is 7.18. The minimum absolute atomic E-state index is 0.856. The lowest BCUT2D eigenvalue weighted by Crippen LogP contribution is -1.81. The van der Waals surface area contributed by atoms with E-state index < -0.39 is 0 Å². The molecule has 3 rings (SSSR count). The summed E-state index contributed by atoms with van der Waals surface area (Å²) >= 11 is 1.67. The summed E-state index contributed by atoms with van der Waals surface area (Å²) in [6, 6.07) is 11.9. The molecule has 0 N–H and O–H groups in total. The quantitative estimate of drug-likeness (QED) is 0.723. The van der Waals surface area contributed by atoms with Crippen LogP contribution in [0.4, 0.5) is 0 Å². The number of aromatic nitrogens is 2. The molecule has 0 aliphatic carbocycles. The summed E-state index contributed by atoms with van der Waals surface area (Å²) in [6.45, 7) is 0. The van der Waals surface area contributed by atoms with Crippen LogP contribution in [0.1, 0.15) is 0 Å². The first-order chi connectivity index (χ1) is 9.36. The van der Waals surface area contributed by atoms with Crippen LogP contribution in [0.3, 0.4) is 0 Å². The second kappa shape index (κ2) is 5.20. The number of benzene rings is 1. The van der Waals surface area contributed by atoms with E-state index in [1.54, 1.807) is 30.8 Å². The fourth-order valence-electron chi connectivity index (χ4n) is 1.79. The first-order valence-corrected chi connectivity index (χ1v) is 6.69. The zero-order chi connectivity index (χ0) is 13.1. The van der Waals surface area contributed by atoms with Gasteiger partial charge in [0.05, 0.1) is 12.0 Å². The molecular weight excluding hydrogens is 256 g/mol. The molecule has 0 amide bonds. The zero-order valence-electron chi connectivity index (χ0n) is 10.4. The van der Waals surface area contributed by atoms with Crippen LogP contribution < -0.4 is 4.74 Å². The third-order valence-electron chi connectivity index (χ3n) is 2.81. The number of pyridine rings is 1. The Morgan fingerprint density at radius 2 is 1.68 bits per heavy atom. The second-order valence-corrected chi connectivity index (χ2v) is 5.02. The number of thiazole rings is 1. The van der Waals surface area contributed by atoms with Gasteiger partial charge < -0.3 is 4.74 Å². The maximum atomic E-state index is 5.16. The van der Waals surface area contributed by atoms with E-state index in [9.17, 15) is 0 Å². The molecule has 0 spiro atoms. The highest BCUT2D eigenvalue weighted by Gasteiger charge is 2.06. The fraction of sp³-hybridized carbons (Fsp3) is 0.0667. The number of hydrogen-bond donors (Lipinski definition) is 0. The van der Waals surface area contributed by atoms with Gasteiger partial charge in [-0.15, -0.1) is 11.3 Å². The third-order valence-corrected chi connectivity index (χ3v) is 3.90. The minimum atomic E-state index is 0.856. The predicted octanol–water partition coefficient (Wildman–Crippen LogP) is 3.88. The Bertz CT molecular complexity index is 662. The first kappa shape index (κ1) is 11.9. The molecule has 94 valence electrons. The molecule has 3 nitrogen and oxygen atoms in total. The first-order valence-electron chi connectivity index (χ1n) is 5.87. The summed E-state index contributed by atoms with van der Waals surface area (Å²) in [4.78, 5) is 9.65. The largest absolute Gasteiger partial charge is 0.497 e. The Balaban J connectivity index is 1.92. The van der Waals surface area contributed by atoms with Gasteiger partial charge in [-0.1, -0.05) is 0 Å². The molecule has 3 aromatic rings. The topological polar surface area (TPSA) is 35.0 Å². The van der Waals surface area contributed by atoms with Gasteiger partial charge in [-0.25, -0.2) is 4.98 Å². The smallest absolute Gasteiger partial charge is 0.123 e. The van der Waals surface area contributed by atoms with Crippen molar-refractivity contribution >= 4 is 11.3 Å².